The molecule has 2 aliphatic heterocycles. The predicted molar refractivity (Wildman–Crippen MR) is 175 cm³/mol. The smallest absolute Gasteiger partial charge is 0.276 e. The summed E-state index contributed by atoms with van der Waals surface area (Å²) in [6.45, 7) is 8.82. The molecule has 1 amide bonds. The maximum atomic E-state index is 17.3. The van der Waals surface area contributed by atoms with Crippen molar-refractivity contribution < 1.29 is 22.0 Å². The van der Waals surface area contributed by atoms with Gasteiger partial charge in [-0.2, -0.15) is 0 Å². The Balaban J connectivity index is 1.70. The second-order valence-corrected chi connectivity index (χ2v) is 14.8. The number of halogens is 3. The van der Waals surface area contributed by atoms with Crippen LogP contribution in [0.4, 0.5) is 14.5 Å². The van der Waals surface area contributed by atoms with Crippen LogP contribution >= 0.6 is 11.6 Å². The number of likely N-dealkylation sites (tertiary alicyclic amines) is 1. The molecule has 3 aromatic heterocycles. The third kappa shape index (κ3) is 4.44. The van der Waals surface area contributed by atoms with Gasteiger partial charge in [0.2, 0.25) is 5.91 Å². The topological polar surface area (TPSA) is 108 Å². The van der Waals surface area contributed by atoms with Crippen LogP contribution in [0.3, 0.4) is 0 Å². The largest absolute Gasteiger partial charge is 0.369 e. The highest BCUT2D eigenvalue weighted by Crippen LogP contribution is 2.43. The molecule has 2 fully saturated rings. The van der Waals surface area contributed by atoms with E-state index in [9.17, 15) is 18.0 Å². The second kappa shape index (κ2) is 10.6. The Morgan fingerprint density at radius 2 is 1.78 bits per heavy atom. The van der Waals surface area contributed by atoms with Crippen LogP contribution in [0.25, 0.3) is 38.2 Å². The Morgan fingerprint density at radius 1 is 1.09 bits per heavy atom. The number of anilines is 1. The number of amides is 1. The Kier molecular flexibility index (Phi) is 7.02. The van der Waals surface area contributed by atoms with Crippen LogP contribution in [0.2, 0.25) is 5.02 Å². The van der Waals surface area contributed by atoms with Gasteiger partial charge in [-0.15, -0.1) is 0 Å². The molecule has 46 heavy (non-hydrogen) atoms. The van der Waals surface area contributed by atoms with E-state index in [2.05, 4.69) is 11.6 Å². The average molecular weight is 666 g/mol. The van der Waals surface area contributed by atoms with Gasteiger partial charge in [-0.1, -0.05) is 38.1 Å². The van der Waals surface area contributed by atoms with Crippen molar-refractivity contribution in [3.05, 3.63) is 81.9 Å². The zero-order valence-electron chi connectivity index (χ0n) is 25.3. The lowest BCUT2D eigenvalue weighted by Crippen LogP contribution is -2.34. The fourth-order valence-electron chi connectivity index (χ4n) is 7.25. The highest BCUT2D eigenvalue weighted by Gasteiger charge is 2.43. The number of fused-ring (bicyclic) bond motifs is 6. The van der Waals surface area contributed by atoms with Gasteiger partial charge in [0.05, 0.1) is 32.8 Å². The van der Waals surface area contributed by atoms with E-state index in [1.54, 1.807) is 22.1 Å². The first kappa shape index (κ1) is 30.4. The Hall–Kier alpha value is -4.29. The third-order valence-corrected chi connectivity index (χ3v) is 10.6. The molecule has 0 saturated carbocycles. The summed E-state index contributed by atoms with van der Waals surface area (Å²) in [4.78, 5) is 37.9. The molecule has 2 atom stereocenters. The van der Waals surface area contributed by atoms with Crippen molar-refractivity contribution >= 4 is 71.3 Å². The second-order valence-electron chi connectivity index (χ2n) is 12.4. The number of hydrogen-bond acceptors (Lipinski definition) is 6. The first-order valence-corrected chi connectivity index (χ1v) is 17.1. The van der Waals surface area contributed by atoms with Crippen molar-refractivity contribution in [1.29, 1.82) is 0 Å². The maximum absolute atomic E-state index is 17.3. The van der Waals surface area contributed by atoms with E-state index in [4.69, 9.17) is 16.6 Å². The molecule has 1 N–H and O–H groups in total. The van der Waals surface area contributed by atoms with Gasteiger partial charge in [-0.25, -0.2) is 22.2 Å². The van der Waals surface area contributed by atoms with Crippen LogP contribution < -0.4 is 10.5 Å². The van der Waals surface area contributed by atoms with Crippen LogP contribution in [0.1, 0.15) is 25.5 Å². The zero-order chi connectivity index (χ0) is 32.8. The molecule has 5 heterocycles. The molecule has 0 unspecified atom stereocenters. The summed E-state index contributed by atoms with van der Waals surface area (Å²) in [5.41, 5.74) is -0.188. The Labute approximate surface area is 267 Å². The van der Waals surface area contributed by atoms with E-state index in [1.807, 2.05) is 13.8 Å². The van der Waals surface area contributed by atoms with Crippen LogP contribution in [0, 0.1) is 23.5 Å². The van der Waals surface area contributed by atoms with Gasteiger partial charge in [0.1, 0.15) is 5.82 Å². The lowest BCUT2D eigenvalue weighted by Gasteiger charge is -2.26. The lowest BCUT2D eigenvalue weighted by atomic mass is 10.0. The molecule has 7 rings (SSSR count). The number of sulfone groups is 1. The summed E-state index contributed by atoms with van der Waals surface area (Å²) < 4.78 is 61.2. The van der Waals surface area contributed by atoms with Gasteiger partial charge in [-0.3, -0.25) is 14.0 Å². The standard InChI is InChI=1S/C33H30ClF2N5O4S/c1-5-24(42)39-12-17-14-40(15-18(17)13-39)30-19-11-20(34)25-26-21(35)7-6-8-22(26)38-23-9-10-37-28(16(2)3)31(23)41(29(19)27(25)36)33(43)32(30)46(4,44)45/h5-11,16-18,37H,1,12-15H2,2-4H3/t17-,18+. The molecule has 0 spiro atoms. The van der Waals surface area contributed by atoms with Crippen molar-refractivity contribution in [2.75, 3.05) is 37.3 Å². The van der Waals surface area contributed by atoms with E-state index in [-0.39, 0.29) is 72.6 Å². The van der Waals surface area contributed by atoms with Crippen LogP contribution in [0.15, 0.2) is 58.9 Å². The quantitative estimate of drug-likeness (QED) is 0.251. The zero-order valence-corrected chi connectivity index (χ0v) is 26.8. The molecule has 2 saturated heterocycles. The summed E-state index contributed by atoms with van der Waals surface area (Å²) >= 11 is 6.80. The number of nitrogens with zero attached hydrogens (tertiary/aromatic N) is 4. The van der Waals surface area contributed by atoms with Crippen LogP contribution in [0.5, 0.6) is 0 Å². The number of benzene rings is 2. The molecule has 13 heteroatoms. The number of pyridine rings is 2. The highest BCUT2D eigenvalue weighted by molar-refractivity contribution is 7.90. The molecule has 2 aliphatic rings. The summed E-state index contributed by atoms with van der Waals surface area (Å²) in [6.07, 6.45) is 3.83. The molecule has 9 nitrogen and oxygen atoms in total. The van der Waals surface area contributed by atoms with Gasteiger partial charge < -0.3 is 14.8 Å². The first-order valence-electron chi connectivity index (χ1n) is 14.8. The van der Waals surface area contributed by atoms with Crippen molar-refractivity contribution in [3.8, 4) is 0 Å². The summed E-state index contributed by atoms with van der Waals surface area (Å²) in [6, 6.07) is 7.15. The highest BCUT2D eigenvalue weighted by atomic mass is 35.5. The minimum absolute atomic E-state index is 0.0156. The molecular weight excluding hydrogens is 636 g/mol. The van der Waals surface area contributed by atoms with Crippen molar-refractivity contribution in [3.63, 3.8) is 0 Å². The summed E-state index contributed by atoms with van der Waals surface area (Å²) in [5, 5.41) is -0.526. The number of aromatic amines is 1. The number of carbonyl (C=O) groups excluding carboxylic acids is 1. The maximum Gasteiger partial charge on any atom is 0.276 e. The van der Waals surface area contributed by atoms with Gasteiger partial charge in [-0.05, 0) is 36.3 Å². The van der Waals surface area contributed by atoms with E-state index < -0.39 is 31.9 Å². The monoisotopic (exact) mass is 665 g/mol. The SMILES string of the molecule is C=CC(=O)N1C[C@@H]2CN(c3c(S(C)(=O)=O)c(=O)n4c5c(C(C)C)[nH]ccc5nc5cccc(F)c5c5c(Cl)cc3c4c5F)C[C@@H]2C1. The van der Waals surface area contributed by atoms with Gasteiger partial charge >= 0.3 is 0 Å². The van der Waals surface area contributed by atoms with Crippen molar-refractivity contribution in [2.24, 2.45) is 11.8 Å². The number of nitrogens with one attached hydrogen (secondary N) is 1. The third-order valence-electron chi connectivity index (χ3n) is 9.20. The van der Waals surface area contributed by atoms with Crippen molar-refractivity contribution in [2.45, 2.75) is 24.7 Å². The summed E-state index contributed by atoms with van der Waals surface area (Å²) in [7, 11) is -4.23. The normalized spacial score (nSPS) is 18.4. The van der Waals surface area contributed by atoms with Crippen LogP contribution in [-0.4, -0.2) is 66.0 Å². The van der Waals surface area contributed by atoms with E-state index in [0.717, 1.165) is 10.7 Å². The number of rotatable bonds is 4. The molecule has 2 bridgehead atoms. The predicted octanol–water partition coefficient (Wildman–Crippen LogP) is 5.58. The van der Waals surface area contributed by atoms with E-state index in [0.29, 0.717) is 31.9 Å². The van der Waals surface area contributed by atoms with Gasteiger partial charge in [0.25, 0.3) is 5.56 Å². The number of aromatic nitrogens is 3. The Bertz CT molecular complexity index is 2360. The molecule has 2 aromatic carbocycles. The molecular formula is C33H30ClF2N5O4S. The number of hydrogen-bond donors (Lipinski definition) is 1. The number of carbonyl (C=O) groups is 1. The fourth-order valence-corrected chi connectivity index (χ4v) is 8.54. The molecule has 0 aliphatic carbocycles. The van der Waals surface area contributed by atoms with Crippen LogP contribution in [-0.2, 0) is 14.6 Å². The Morgan fingerprint density at radius 3 is 2.41 bits per heavy atom. The van der Waals surface area contributed by atoms with Gasteiger partial charge in [0, 0.05) is 72.3 Å². The number of H-pyrrole nitrogens is 1. The van der Waals surface area contributed by atoms with E-state index >= 15 is 8.78 Å². The summed E-state index contributed by atoms with van der Waals surface area (Å²) in [5.74, 6) is -2.20. The van der Waals surface area contributed by atoms with E-state index in [1.165, 1.54) is 30.3 Å². The molecule has 238 valence electrons. The fraction of sp³-hybridized carbons (Fsp3) is 0.303. The van der Waals surface area contributed by atoms with Crippen molar-refractivity contribution in [1.82, 2.24) is 19.3 Å². The average Bonchev–Trinajstić information content (AvgIpc) is 3.57. The first-order chi connectivity index (χ1) is 21.8. The lowest BCUT2D eigenvalue weighted by molar-refractivity contribution is -0.125. The molecule has 5 aromatic rings. The molecule has 0 radical (unpaired) electrons. The van der Waals surface area contributed by atoms with Gasteiger partial charge in [0.15, 0.2) is 20.5 Å². The minimum Gasteiger partial charge on any atom is -0.369 e. The minimum atomic E-state index is -4.23.